The van der Waals surface area contributed by atoms with E-state index in [9.17, 15) is 23.8 Å². The number of phosphoric ester groups is 1. The van der Waals surface area contributed by atoms with Crippen LogP contribution in [0.4, 0.5) is 0 Å². The number of aliphatic carboxylic acids is 1. The van der Waals surface area contributed by atoms with Gasteiger partial charge in [-0.15, -0.1) is 0 Å². The van der Waals surface area contributed by atoms with Gasteiger partial charge in [0.2, 0.25) is 0 Å². The minimum Gasteiger partial charge on any atom is -0.480 e. The second-order valence-corrected chi connectivity index (χ2v) is 16.3. The predicted octanol–water partition coefficient (Wildman–Crippen LogP) is 12.1. The zero-order valence-corrected chi connectivity index (χ0v) is 37.5. The van der Waals surface area contributed by atoms with Gasteiger partial charge in [0.05, 0.1) is 13.2 Å². The Hall–Kier alpha value is -3.08. The number of ether oxygens (including phenoxy) is 2. The Morgan fingerprint density at radius 2 is 0.949 bits per heavy atom. The van der Waals surface area contributed by atoms with Crippen molar-refractivity contribution in [3.05, 3.63) is 72.9 Å². The summed E-state index contributed by atoms with van der Waals surface area (Å²) in [6.07, 6.45) is 49.8. The molecule has 338 valence electrons. The molecule has 4 N–H and O–H groups in total. The lowest BCUT2D eigenvalue weighted by atomic mass is 10.0. The minimum absolute atomic E-state index is 0.0343. The molecule has 0 bridgehead atoms. The zero-order valence-electron chi connectivity index (χ0n) is 36.6. The molecule has 0 aromatic carbocycles. The predicted molar refractivity (Wildman–Crippen MR) is 240 cm³/mol. The molecule has 0 heterocycles. The number of phosphoric acid groups is 1. The van der Waals surface area contributed by atoms with Crippen molar-refractivity contribution < 1.29 is 47.5 Å². The number of hydrogen-bond acceptors (Lipinski definition) is 9. The smallest absolute Gasteiger partial charge is 0.472 e. The maximum atomic E-state index is 12.6. The molecule has 0 aliphatic carbocycles. The second-order valence-electron chi connectivity index (χ2n) is 14.8. The number of carbonyl (C=O) groups is 3. The van der Waals surface area contributed by atoms with Crippen LogP contribution in [0.5, 0.6) is 0 Å². The lowest BCUT2D eigenvalue weighted by Gasteiger charge is -2.20. The first-order chi connectivity index (χ1) is 28.6. The number of carboxylic acid groups (broad SMARTS) is 1. The molecule has 0 saturated heterocycles. The largest absolute Gasteiger partial charge is 0.480 e. The fourth-order valence-electron chi connectivity index (χ4n) is 5.74. The first kappa shape index (κ1) is 55.9. The van der Waals surface area contributed by atoms with E-state index in [1.54, 1.807) is 0 Å². The number of nitrogens with two attached hydrogens (primary N) is 1. The lowest BCUT2D eigenvalue weighted by Crippen LogP contribution is -2.34. The van der Waals surface area contributed by atoms with E-state index < -0.39 is 51.1 Å². The van der Waals surface area contributed by atoms with E-state index in [-0.39, 0.29) is 19.4 Å². The van der Waals surface area contributed by atoms with Crippen LogP contribution in [0.15, 0.2) is 72.9 Å². The van der Waals surface area contributed by atoms with E-state index in [0.717, 1.165) is 51.4 Å². The van der Waals surface area contributed by atoms with E-state index in [1.165, 1.54) is 77.0 Å². The number of unbranched alkanes of at least 4 members (excludes halogenated alkanes) is 15. The molecule has 0 aliphatic rings. The summed E-state index contributed by atoms with van der Waals surface area (Å²) in [5.41, 5.74) is 5.33. The van der Waals surface area contributed by atoms with Gasteiger partial charge in [0.15, 0.2) is 6.10 Å². The van der Waals surface area contributed by atoms with Crippen LogP contribution < -0.4 is 5.73 Å². The molecule has 0 radical (unpaired) electrons. The topological polar surface area (TPSA) is 172 Å². The van der Waals surface area contributed by atoms with Crippen molar-refractivity contribution in [2.75, 3.05) is 19.8 Å². The molecule has 0 rings (SSSR count). The van der Waals surface area contributed by atoms with Gasteiger partial charge in [-0.05, 0) is 51.4 Å². The zero-order chi connectivity index (χ0) is 43.5. The summed E-state index contributed by atoms with van der Waals surface area (Å²) in [4.78, 5) is 46.0. The van der Waals surface area contributed by atoms with Crippen LogP contribution in [0.25, 0.3) is 0 Å². The van der Waals surface area contributed by atoms with Crippen molar-refractivity contribution in [3.63, 3.8) is 0 Å². The number of allylic oxidation sites excluding steroid dienone is 12. The minimum atomic E-state index is -4.74. The maximum absolute atomic E-state index is 12.6. The summed E-state index contributed by atoms with van der Waals surface area (Å²) >= 11 is 0. The van der Waals surface area contributed by atoms with Gasteiger partial charge in [0.25, 0.3) is 0 Å². The van der Waals surface area contributed by atoms with Gasteiger partial charge < -0.3 is 25.2 Å². The highest BCUT2D eigenvalue weighted by Gasteiger charge is 2.28. The summed E-state index contributed by atoms with van der Waals surface area (Å²) in [5, 5.41) is 8.89. The Labute approximate surface area is 357 Å². The van der Waals surface area contributed by atoms with Gasteiger partial charge in [0.1, 0.15) is 12.6 Å². The Morgan fingerprint density at radius 3 is 1.39 bits per heavy atom. The summed E-state index contributed by atoms with van der Waals surface area (Å²) in [6.45, 7) is 2.62. The highest BCUT2D eigenvalue weighted by molar-refractivity contribution is 7.47. The standard InChI is InChI=1S/C47H80NO10P/c1-3-5-7-9-11-13-15-17-19-21-22-23-25-27-29-31-33-35-37-39-46(50)58-43(41-56-59(53,54)57-42-44(48)47(51)52)40-55-45(49)38-36-34-32-30-28-26-24-20-18-16-14-12-10-8-6-4-2/h5,7,11,13,17,19,22-23,27,29,33,35,43-44H,3-4,6,8-10,12,14-16,18,20-21,24-26,28,30-32,34,36-42,48H2,1-2H3,(H,51,52)(H,53,54). The van der Waals surface area contributed by atoms with Gasteiger partial charge in [-0.25, -0.2) is 4.57 Å². The van der Waals surface area contributed by atoms with Gasteiger partial charge >= 0.3 is 25.7 Å². The van der Waals surface area contributed by atoms with Crippen molar-refractivity contribution in [3.8, 4) is 0 Å². The number of esters is 2. The highest BCUT2D eigenvalue weighted by Crippen LogP contribution is 2.43. The molecular formula is C47H80NO10P. The third-order valence-electron chi connectivity index (χ3n) is 9.23. The Balaban J connectivity index is 4.47. The van der Waals surface area contributed by atoms with Gasteiger partial charge in [-0.2, -0.15) is 0 Å². The van der Waals surface area contributed by atoms with Crippen LogP contribution in [-0.4, -0.2) is 59.9 Å². The number of carbonyl (C=O) groups excluding carboxylic acids is 2. The third kappa shape index (κ3) is 41.4. The monoisotopic (exact) mass is 850 g/mol. The normalized spacial score (nSPS) is 14.4. The van der Waals surface area contributed by atoms with Crippen molar-refractivity contribution in [1.82, 2.24) is 0 Å². The summed E-state index contributed by atoms with van der Waals surface area (Å²) in [7, 11) is -4.74. The number of hydrogen-bond donors (Lipinski definition) is 3. The first-order valence-corrected chi connectivity index (χ1v) is 24.0. The average molecular weight is 850 g/mol. The first-order valence-electron chi connectivity index (χ1n) is 22.5. The fraction of sp³-hybridized carbons (Fsp3) is 0.681. The van der Waals surface area contributed by atoms with Gasteiger partial charge in [-0.1, -0.05) is 183 Å². The third-order valence-corrected chi connectivity index (χ3v) is 10.2. The van der Waals surface area contributed by atoms with Crippen molar-refractivity contribution >= 4 is 25.7 Å². The van der Waals surface area contributed by atoms with Crippen molar-refractivity contribution in [2.45, 2.75) is 187 Å². The summed E-state index contributed by atoms with van der Waals surface area (Å²) in [6, 6.07) is -1.53. The molecule has 0 spiro atoms. The molecule has 11 nitrogen and oxygen atoms in total. The Kier molecular flexibility index (Phi) is 39.5. The van der Waals surface area contributed by atoms with Crippen LogP contribution in [0.1, 0.15) is 174 Å². The van der Waals surface area contributed by atoms with Crippen LogP contribution in [0, 0.1) is 0 Å². The van der Waals surface area contributed by atoms with Gasteiger partial charge in [0, 0.05) is 12.8 Å². The number of rotatable bonds is 41. The van der Waals surface area contributed by atoms with Crippen LogP contribution >= 0.6 is 7.82 Å². The van der Waals surface area contributed by atoms with E-state index in [4.69, 9.17) is 24.8 Å². The molecule has 0 fully saturated rings. The second kappa shape index (κ2) is 41.6. The average Bonchev–Trinajstić information content (AvgIpc) is 3.21. The number of carboxylic acids is 1. The summed E-state index contributed by atoms with van der Waals surface area (Å²) < 4.78 is 32.6. The molecule has 3 unspecified atom stereocenters. The van der Waals surface area contributed by atoms with Crippen molar-refractivity contribution in [2.24, 2.45) is 5.73 Å². The SMILES string of the molecule is CCC=CCC=CCC=CCC=CCC=CCC=CCCC(=O)OC(COC(=O)CCCCCCCCCCCCCCCCCC)COP(=O)(O)OCC(N)C(=O)O. The van der Waals surface area contributed by atoms with E-state index in [2.05, 4.69) is 73.1 Å². The molecule has 0 aromatic heterocycles. The maximum Gasteiger partial charge on any atom is 0.472 e. The lowest BCUT2D eigenvalue weighted by molar-refractivity contribution is -0.161. The molecule has 3 atom stereocenters. The van der Waals surface area contributed by atoms with Crippen LogP contribution in [0.2, 0.25) is 0 Å². The van der Waals surface area contributed by atoms with Crippen molar-refractivity contribution in [1.29, 1.82) is 0 Å². The van der Waals surface area contributed by atoms with E-state index >= 15 is 0 Å². The molecular weight excluding hydrogens is 769 g/mol. The van der Waals surface area contributed by atoms with E-state index in [1.807, 2.05) is 18.2 Å². The Morgan fingerprint density at radius 1 is 0.542 bits per heavy atom. The molecule has 0 amide bonds. The quantitative estimate of drug-likeness (QED) is 0.0231. The molecule has 59 heavy (non-hydrogen) atoms. The van der Waals surface area contributed by atoms with Crippen LogP contribution in [0.3, 0.4) is 0 Å². The summed E-state index contributed by atoms with van der Waals surface area (Å²) in [5.74, 6) is -2.49. The molecule has 0 aromatic rings. The molecule has 0 aliphatic heterocycles. The van der Waals surface area contributed by atoms with Gasteiger partial charge in [-0.3, -0.25) is 23.4 Å². The molecule has 0 saturated carbocycles. The van der Waals surface area contributed by atoms with Crippen LogP contribution in [-0.2, 0) is 37.5 Å². The molecule has 12 heteroatoms. The fourth-order valence-corrected chi connectivity index (χ4v) is 6.52. The highest BCUT2D eigenvalue weighted by atomic mass is 31.2. The Bertz CT molecular complexity index is 1280. The van der Waals surface area contributed by atoms with E-state index in [0.29, 0.717) is 19.3 Å².